The van der Waals surface area contributed by atoms with E-state index >= 15 is 0 Å². The third kappa shape index (κ3) is 2.16. The zero-order valence-corrected chi connectivity index (χ0v) is 10.6. The van der Waals surface area contributed by atoms with Gasteiger partial charge < -0.3 is 14.4 Å². The van der Waals surface area contributed by atoms with Crippen molar-refractivity contribution in [3.8, 4) is 0 Å². The van der Waals surface area contributed by atoms with E-state index in [9.17, 15) is 9.59 Å². The molecule has 96 valence electrons. The Morgan fingerprint density at radius 1 is 1.29 bits per heavy atom. The number of ether oxygens (including phenoxy) is 2. The highest BCUT2D eigenvalue weighted by atomic mass is 16.5. The van der Waals surface area contributed by atoms with Crippen molar-refractivity contribution < 1.29 is 19.1 Å². The van der Waals surface area contributed by atoms with E-state index in [1.54, 1.807) is 4.90 Å². The molecule has 1 saturated heterocycles. The average Bonchev–Trinajstić information content (AvgIpc) is 3.07. The van der Waals surface area contributed by atoms with Crippen LogP contribution in [0.3, 0.4) is 0 Å². The molecule has 1 aliphatic heterocycles. The van der Waals surface area contributed by atoms with E-state index in [1.165, 1.54) is 7.11 Å². The Morgan fingerprint density at radius 2 is 1.94 bits per heavy atom. The number of methoxy groups -OCH3 is 1. The van der Waals surface area contributed by atoms with E-state index in [1.807, 2.05) is 13.8 Å². The molecule has 0 bridgehead atoms. The summed E-state index contributed by atoms with van der Waals surface area (Å²) >= 11 is 0. The van der Waals surface area contributed by atoms with Crippen LogP contribution >= 0.6 is 0 Å². The van der Waals surface area contributed by atoms with E-state index in [-0.39, 0.29) is 11.5 Å². The fourth-order valence-corrected chi connectivity index (χ4v) is 2.32. The Bertz CT molecular complexity index is 346. The van der Waals surface area contributed by atoms with Gasteiger partial charge in [0.1, 0.15) is 5.41 Å². The first kappa shape index (κ1) is 12.4. The van der Waals surface area contributed by atoms with Crippen molar-refractivity contribution in [2.24, 2.45) is 5.41 Å². The zero-order valence-electron chi connectivity index (χ0n) is 10.6. The maximum atomic E-state index is 12.3. The minimum atomic E-state index is -0.887. The summed E-state index contributed by atoms with van der Waals surface area (Å²) in [5.41, 5.74) is -1.22. The zero-order chi connectivity index (χ0) is 12.7. The van der Waals surface area contributed by atoms with Gasteiger partial charge in [-0.05, 0) is 26.7 Å². The quantitative estimate of drug-likeness (QED) is 0.524. The van der Waals surface area contributed by atoms with Gasteiger partial charge in [0.15, 0.2) is 0 Å². The molecule has 0 spiro atoms. The lowest BCUT2D eigenvalue weighted by Gasteiger charge is -2.39. The van der Waals surface area contributed by atoms with Crippen LogP contribution in [-0.4, -0.2) is 49.2 Å². The molecule has 0 atom stereocenters. The minimum absolute atomic E-state index is 0.0966. The van der Waals surface area contributed by atoms with Gasteiger partial charge >= 0.3 is 5.97 Å². The molecule has 0 aromatic heterocycles. The summed E-state index contributed by atoms with van der Waals surface area (Å²) in [6, 6.07) is 0. The second kappa shape index (κ2) is 3.98. The summed E-state index contributed by atoms with van der Waals surface area (Å²) in [4.78, 5) is 25.7. The number of esters is 1. The molecule has 1 amide bonds. The summed E-state index contributed by atoms with van der Waals surface area (Å²) in [6.45, 7) is 5.51. The number of carbonyl (C=O) groups is 2. The molecular weight excluding hydrogens is 222 g/mol. The molecule has 0 radical (unpaired) electrons. The van der Waals surface area contributed by atoms with Crippen LogP contribution in [0.15, 0.2) is 0 Å². The molecule has 5 heteroatoms. The predicted molar refractivity (Wildman–Crippen MR) is 60.3 cm³/mol. The molecular formula is C12H19NO4. The number of hydrogen-bond donors (Lipinski definition) is 0. The van der Waals surface area contributed by atoms with Crippen LogP contribution in [0.25, 0.3) is 0 Å². The first-order valence-corrected chi connectivity index (χ1v) is 5.93. The second-order valence-electron chi connectivity index (χ2n) is 5.41. The van der Waals surface area contributed by atoms with E-state index in [0.29, 0.717) is 32.5 Å². The van der Waals surface area contributed by atoms with Gasteiger partial charge in [0, 0.05) is 13.1 Å². The highest BCUT2D eigenvalue weighted by Crippen LogP contribution is 2.48. The van der Waals surface area contributed by atoms with Crippen molar-refractivity contribution in [1.82, 2.24) is 4.90 Å². The Labute approximate surface area is 101 Å². The maximum Gasteiger partial charge on any atom is 0.321 e. The van der Waals surface area contributed by atoms with Gasteiger partial charge in [0.2, 0.25) is 5.91 Å². The monoisotopic (exact) mass is 241 g/mol. The number of nitrogens with zero attached hydrogens (tertiary/aromatic N) is 1. The van der Waals surface area contributed by atoms with Gasteiger partial charge in [0.05, 0.1) is 19.3 Å². The summed E-state index contributed by atoms with van der Waals surface area (Å²) in [5, 5.41) is 0. The third-order valence-electron chi connectivity index (χ3n) is 3.45. The van der Waals surface area contributed by atoms with Crippen molar-refractivity contribution in [3.05, 3.63) is 0 Å². The molecule has 0 unspecified atom stereocenters. The van der Waals surface area contributed by atoms with Crippen LogP contribution in [0.4, 0.5) is 0 Å². The molecule has 0 N–H and O–H groups in total. The number of amides is 1. The first-order valence-electron chi connectivity index (χ1n) is 5.93. The van der Waals surface area contributed by atoms with Crippen LogP contribution in [0.5, 0.6) is 0 Å². The highest BCUT2D eigenvalue weighted by Gasteiger charge is 2.59. The van der Waals surface area contributed by atoms with Crippen molar-refractivity contribution in [1.29, 1.82) is 0 Å². The van der Waals surface area contributed by atoms with Crippen LogP contribution in [0.2, 0.25) is 0 Å². The number of hydrogen-bond acceptors (Lipinski definition) is 4. The van der Waals surface area contributed by atoms with Crippen molar-refractivity contribution >= 4 is 11.9 Å². The van der Waals surface area contributed by atoms with Gasteiger partial charge in [-0.1, -0.05) is 0 Å². The van der Waals surface area contributed by atoms with Crippen LogP contribution < -0.4 is 0 Å². The number of carbonyl (C=O) groups excluding carboxylic acids is 2. The van der Waals surface area contributed by atoms with Gasteiger partial charge in [-0.2, -0.15) is 0 Å². The van der Waals surface area contributed by atoms with Gasteiger partial charge in [-0.3, -0.25) is 9.59 Å². The molecule has 1 saturated carbocycles. The van der Waals surface area contributed by atoms with Gasteiger partial charge in [-0.25, -0.2) is 0 Å². The molecule has 5 nitrogen and oxygen atoms in total. The van der Waals surface area contributed by atoms with Crippen molar-refractivity contribution in [2.75, 3.05) is 26.8 Å². The van der Waals surface area contributed by atoms with E-state index < -0.39 is 11.4 Å². The lowest BCUT2D eigenvalue weighted by atomic mass is 10.0. The molecule has 0 aromatic rings. The largest absolute Gasteiger partial charge is 0.468 e. The van der Waals surface area contributed by atoms with Gasteiger partial charge in [-0.15, -0.1) is 0 Å². The SMILES string of the molecule is COC(=O)C1(C(=O)N2CCOC(C)(C)C2)CC1. The van der Waals surface area contributed by atoms with Crippen molar-refractivity contribution in [3.63, 3.8) is 0 Å². The predicted octanol–water partition coefficient (Wildman–Crippen LogP) is 0.577. The fourth-order valence-electron chi connectivity index (χ4n) is 2.32. The molecule has 1 heterocycles. The normalized spacial score (nSPS) is 25.2. The summed E-state index contributed by atoms with van der Waals surface area (Å²) in [7, 11) is 1.33. The Kier molecular flexibility index (Phi) is 2.89. The molecule has 0 aromatic carbocycles. The lowest BCUT2D eigenvalue weighted by Crippen LogP contribution is -2.53. The molecule has 2 rings (SSSR count). The fraction of sp³-hybridized carbons (Fsp3) is 0.833. The topological polar surface area (TPSA) is 55.8 Å². The second-order valence-corrected chi connectivity index (χ2v) is 5.41. The third-order valence-corrected chi connectivity index (χ3v) is 3.45. The Balaban J connectivity index is 2.08. The molecule has 1 aliphatic carbocycles. The highest BCUT2D eigenvalue weighted by molar-refractivity contribution is 6.05. The molecule has 17 heavy (non-hydrogen) atoms. The van der Waals surface area contributed by atoms with Gasteiger partial charge in [0.25, 0.3) is 0 Å². The summed E-state index contributed by atoms with van der Waals surface area (Å²) in [5.74, 6) is -0.493. The first-order chi connectivity index (χ1) is 7.91. The Hall–Kier alpha value is -1.10. The molecule has 2 fully saturated rings. The standard InChI is InChI=1S/C12H19NO4/c1-11(2)8-13(6-7-17-11)9(14)12(4-5-12)10(15)16-3/h4-8H2,1-3H3. The van der Waals surface area contributed by atoms with E-state index in [0.717, 1.165) is 0 Å². The number of morpholine rings is 1. The number of rotatable bonds is 2. The van der Waals surface area contributed by atoms with E-state index in [2.05, 4.69) is 0 Å². The summed E-state index contributed by atoms with van der Waals surface area (Å²) < 4.78 is 10.3. The lowest BCUT2D eigenvalue weighted by molar-refractivity contribution is -0.162. The molecule has 2 aliphatic rings. The Morgan fingerprint density at radius 3 is 2.41 bits per heavy atom. The minimum Gasteiger partial charge on any atom is -0.468 e. The average molecular weight is 241 g/mol. The van der Waals surface area contributed by atoms with E-state index in [4.69, 9.17) is 9.47 Å². The van der Waals surface area contributed by atoms with Crippen LogP contribution in [0, 0.1) is 5.41 Å². The van der Waals surface area contributed by atoms with Crippen molar-refractivity contribution in [2.45, 2.75) is 32.3 Å². The maximum absolute atomic E-state index is 12.3. The smallest absolute Gasteiger partial charge is 0.321 e. The van der Waals surface area contributed by atoms with Crippen LogP contribution in [-0.2, 0) is 19.1 Å². The van der Waals surface area contributed by atoms with Crippen LogP contribution in [0.1, 0.15) is 26.7 Å². The summed E-state index contributed by atoms with van der Waals surface area (Å²) in [6.07, 6.45) is 1.21.